The van der Waals surface area contributed by atoms with Crippen molar-refractivity contribution in [2.75, 3.05) is 25.3 Å². The summed E-state index contributed by atoms with van der Waals surface area (Å²) in [4.78, 5) is 7.63. The van der Waals surface area contributed by atoms with Crippen LogP contribution in [0, 0.1) is 0 Å². The Kier molecular flexibility index (Phi) is 2.22. The largest absolute Gasteiger partial charge is 0.382 e. The van der Waals surface area contributed by atoms with Crippen LogP contribution in [0.1, 0.15) is 0 Å². The van der Waals surface area contributed by atoms with Crippen molar-refractivity contribution in [2.24, 2.45) is 0 Å². The lowest BCUT2D eigenvalue weighted by atomic mass is 10.5. The second-order valence-electron chi connectivity index (χ2n) is 2.33. The van der Waals surface area contributed by atoms with Crippen LogP contribution < -0.4 is 11.2 Å². The van der Waals surface area contributed by atoms with Gasteiger partial charge in [0.25, 0.3) is 0 Å². The fourth-order valence-corrected chi connectivity index (χ4v) is 0.666. The van der Waals surface area contributed by atoms with Crippen LogP contribution in [0.25, 0.3) is 0 Å². The first-order valence-electron chi connectivity index (χ1n) is 3.19. The molecule has 0 aromatic carbocycles. The number of nitrogens with zero attached hydrogens (tertiary/aromatic N) is 3. The van der Waals surface area contributed by atoms with Gasteiger partial charge in [-0.1, -0.05) is 0 Å². The normalized spacial score (nSPS) is 10.1. The number of nitrogen functional groups attached to an aromatic ring is 1. The summed E-state index contributed by atoms with van der Waals surface area (Å²) >= 11 is 0. The maximum atomic E-state index is 5.53. The van der Waals surface area contributed by atoms with Crippen molar-refractivity contribution in [3.63, 3.8) is 0 Å². The van der Waals surface area contributed by atoms with E-state index in [-0.39, 0.29) is 0 Å². The van der Waals surface area contributed by atoms with Gasteiger partial charge in [0, 0.05) is 14.1 Å². The van der Waals surface area contributed by atoms with E-state index >= 15 is 0 Å². The quantitative estimate of drug-likeness (QED) is 0.583. The van der Waals surface area contributed by atoms with Crippen LogP contribution in [-0.2, 0) is 0 Å². The van der Waals surface area contributed by atoms with Crippen molar-refractivity contribution in [1.29, 1.82) is 0 Å². The van der Waals surface area contributed by atoms with E-state index in [1.807, 2.05) is 14.1 Å². The van der Waals surface area contributed by atoms with Gasteiger partial charge in [0.1, 0.15) is 12.0 Å². The third kappa shape index (κ3) is 2.05. The number of anilines is 2. The van der Waals surface area contributed by atoms with Crippen LogP contribution >= 0.6 is 0 Å². The Morgan fingerprint density at radius 1 is 1.55 bits per heavy atom. The zero-order chi connectivity index (χ0) is 8.27. The highest BCUT2D eigenvalue weighted by Gasteiger charge is 1.97. The molecule has 60 valence electrons. The van der Waals surface area contributed by atoms with Crippen molar-refractivity contribution >= 4 is 11.5 Å². The van der Waals surface area contributed by atoms with E-state index in [9.17, 15) is 0 Å². The summed E-state index contributed by atoms with van der Waals surface area (Å²) in [6.45, 7) is 0. The van der Waals surface area contributed by atoms with E-state index in [1.165, 1.54) is 6.33 Å². The Hall–Kier alpha value is -1.36. The van der Waals surface area contributed by atoms with Gasteiger partial charge in [-0.05, 0) is 0 Å². The summed E-state index contributed by atoms with van der Waals surface area (Å²) < 4.78 is 0. The maximum absolute atomic E-state index is 5.53. The molecule has 1 heterocycles. The predicted octanol–water partition coefficient (Wildman–Crippen LogP) is -0.0527. The monoisotopic (exact) mass is 153 g/mol. The third-order valence-electron chi connectivity index (χ3n) is 1.09. The van der Waals surface area contributed by atoms with Crippen LogP contribution in [0.3, 0.4) is 0 Å². The number of nitrogens with one attached hydrogen (secondary N) is 1. The molecule has 0 aliphatic rings. The first-order chi connectivity index (χ1) is 5.20. The van der Waals surface area contributed by atoms with E-state index in [1.54, 1.807) is 11.2 Å². The summed E-state index contributed by atoms with van der Waals surface area (Å²) in [5.74, 6) is 0.453. The van der Waals surface area contributed by atoms with Crippen LogP contribution in [-0.4, -0.2) is 29.1 Å². The van der Waals surface area contributed by atoms with Crippen molar-refractivity contribution in [3.8, 4) is 0 Å². The Balaban J connectivity index is 2.78. The molecule has 1 aromatic rings. The van der Waals surface area contributed by atoms with Crippen LogP contribution in [0.5, 0.6) is 0 Å². The molecule has 0 aliphatic heterocycles. The number of hydrogen-bond acceptors (Lipinski definition) is 5. The average Bonchev–Trinajstić information content (AvgIpc) is 1.93. The minimum atomic E-state index is 0.453. The van der Waals surface area contributed by atoms with E-state index in [0.717, 1.165) is 5.69 Å². The number of hydrogen-bond donors (Lipinski definition) is 2. The SMILES string of the molecule is CN(C)Nc1cncnc1N. The zero-order valence-corrected chi connectivity index (χ0v) is 6.57. The maximum Gasteiger partial charge on any atom is 0.151 e. The van der Waals surface area contributed by atoms with E-state index in [0.29, 0.717) is 5.82 Å². The molecule has 0 unspecified atom stereocenters. The summed E-state index contributed by atoms with van der Waals surface area (Å²) in [7, 11) is 3.74. The van der Waals surface area contributed by atoms with Crippen LogP contribution in [0.2, 0.25) is 0 Å². The van der Waals surface area contributed by atoms with Crippen molar-refractivity contribution in [3.05, 3.63) is 12.5 Å². The van der Waals surface area contributed by atoms with E-state index in [4.69, 9.17) is 5.73 Å². The van der Waals surface area contributed by atoms with Crippen molar-refractivity contribution in [2.45, 2.75) is 0 Å². The molecule has 0 radical (unpaired) electrons. The topological polar surface area (TPSA) is 67.1 Å². The number of nitrogens with two attached hydrogens (primary N) is 1. The average molecular weight is 153 g/mol. The van der Waals surface area contributed by atoms with Crippen LogP contribution in [0.15, 0.2) is 12.5 Å². The lowest BCUT2D eigenvalue weighted by Crippen LogP contribution is -2.20. The number of hydrazine groups is 1. The molecule has 0 saturated heterocycles. The Morgan fingerprint density at radius 3 is 2.82 bits per heavy atom. The first kappa shape index (κ1) is 7.74. The molecule has 11 heavy (non-hydrogen) atoms. The predicted molar refractivity (Wildman–Crippen MR) is 43.8 cm³/mol. The van der Waals surface area contributed by atoms with Gasteiger partial charge in [0.15, 0.2) is 5.82 Å². The number of rotatable bonds is 2. The number of aromatic nitrogens is 2. The Morgan fingerprint density at radius 2 is 2.27 bits per heavy atom. The fraction of sp³-hybridized carbons (Fsp3) is 0.333. The lowest BCUT2D eigenvalue weighted by molar-refractivity contribution is 0.495. The first-order valence-corrected chi connectivity index (χ1v) is 3.19. The molecule has 1 rings (SSSR count). The second kappa shape index (κ2) is 3.16. The Labute approximate surface area is 65.2 Å². The smallest absolute Gasteiger partial charge is 0.151 e. The van der Waals surface area contributed by atoms with Gasteiger partial charge in [-0.3, -0.25) is 0 Å². The zero-order valence-electron chi connectivity index (χ0n) is 6.57. The summed E-state index contributed by atoms with van der Waals surface area (Å²) in [6, 6.07) is 0. The van der Waals surface area contributed by atoms with Gasteiger partial charge >= 0.3 is 0 Å². The fourth-order valence-electron chi connectivity index (χ4n) is 0.666. The summed E-state index contributed by atoms with van der Waals surface area (Å²) in [5.41, 5.74) is 9.20. The molecule has 0 bridgehead atoms. The molecule has 1 aromatic heterocycles. The van der Waals surface area contributed by atoms with Gasteiger partial charge in [0.05, 0.1) is 6.20 Å². The molecule has 0 amide bonds. The Bertz CT molecular complexity index is 234. The molecule has 0 saturated carbocycles. The van der Waals surface area contributed by atoms with Crippen LogP contribution in [0.4, 0.5) is 11.5 Å². The van der Waals surface area contributed by atoms with Crippen molar-refractivity contribution in [1.82, 2.24) is 15.0 Å². The van der Waals surface area contributed by atoms with Gasteiger partial charge < -0.3 is 11.2 Å². The summed E-state index contributed by atoms with van der Waals surface area (Å²) in [6.07, 6.45) is 3.04. The molecule has 0 fully saturated rings. The molecular weight excluding hydrogens is 142 g/mol. The second-order valence-corrected chi connectivity index (χ2v) is 2.33. The van der Waals surface area contributed by atoms with Gasteiger partial charge in [-0.25, -0.2) is 15.0 Å². The summed E-state index contributed by atoms with van der Waals surface area (Å²) in [5, 5.41) is 1.77. The molecule has 0 atom stereocenters. The highest BCUT2D eigenvalue weighted by atomic mass is 15.5. The van der Waals surface area contributed by atoms with Gasteiger partial charge in [-0.15, -0.1) is 0 Å². The molecule has 5 heteroatoms. The molecular formula is C6H11N5. The van der Waals surface area contributed by atoms with E-state index in [2.05, 4.69) is 15.4 Å². The molecule has 0 aliphatic carbocycles. The molecule has 0 spiro atoms. The third-order valence-corrected chi connectivity index (χ3v) is 1.09. The minimum Gasteiger partial charge on any atom is -0.382 e. The van der Waals surface area contributed by atoms with Gasteiger partial charge in [-0.2, -0.15) is 0 Å². The molecule has 5 nitrogen and oxygen atoms in total. The lowest BCUT2D eigenvalue weighted by Gasteiger charge is -2.13. The highest BCUT2D eigenvalue weighted by Crippen LogP contribution is 2.11. The van der Waals surface area contributed by atoms with E-state index < -0.39 is 0 Å². The van der Waals surface area contributed by atoms with Gasteiger partial charge in [0.2, 0.25) is 0 Å². The van der Waals surface area contributed by atoms with Crippen molar-refractivity contribution < 1.29 is 0 Å². The molecule has 3 N–H and O–H groups in total. The standard InChI is InChI=1S/C6H11N5/c1-11(2)10-5-3-8-4-9-6(5)7/h3-4,10H,1-2H3,(H2,7,8,9). The highest BCUT2D eigenvalue weighted by molar-refractivity contribution is 5.58. The minimum absolute atomic E-state index is 0.453.